The normalized spacial score (nSPS) is 13.6. The minimum atomic E-state index is -2.16. The van der Waals surface area contributed by atoms with Crippen LogP contribution in [-0.2, 0) is 17.8 Å². The molecule has 0 aliphatic carbocycles. The summed E-state index contributed by atoms with van der Waals surface area (Å²) in [5.74, 6) is -0.901. The predicted molar refractivity (Wildman–Crippen MR) is 127 cm³/mol. The lowest BCUT2D eigenvalue weighted by molar-refractivity contribution is 0.547. The molecule has 3 atom stereocenters. The van der Waals surface area contributed by atoms with E-state index >= 15 is 0 Å². The number of hydrogen-bond donors (Lipinski definition) is 2. The second-order valence-electron chi connectivity index (χ2n) is 7.65. The molecule has 2 N–H and O–H groups in total. The smallest absolute Gasteiger partial charge is 0.232 e. The van der Waals surface area contributed by atoms with Crippen LogP contribution in [-0.4, -0.2) is 18.7 Å². The number of aromatic nitrogens is 2. The molecule has 2 aromatic carbocycles. The van der Waals surface area contributed by atoms with Crippen LogP contribution in [0, 0.1) is 17.1 Å². The van der Waals surface area contributed by atoms with Gasteiger partial charge in [-0.2, -0.15) is 5.26 Å². The van der Waals surface area contributed by atoms with E-state index in [1.54, 1.807) is 42.7 Å². The van der Waals surface area contributed by atoms with E-state index in [0.29, 0.717) is 17.0 Å². The Morgan fingerprint density at radius 3 is 2.29 bits per heavy atom. The highest BCUT2D eigenvalue weighted by molar-refractivity contribution is 7.77. The van der Waals surface area contributed by atoms with E-state index in [9.17, 15) is 13.9 Å². The molecule has 8 heteroatoms. The van der Waals surface area contributed by atoms with Crippen LogP contribution in [0.4, 0.5) is 4.39 Å². The Labute approximate surface area is 199 Å². The number of halogens is 1. The molecule has 0 amide bonds. The number of pyridine rings is 2. The first kappa shape index (κ1) is 23.4. The Morgan fingerprint density at radius 2 is 1.65 bits per heavy atom. The monoisotopic (exact) mass is 472 g/mol. The molecule has 4 rings (SSSR count). The highest BCUT2D eigenvalue weighted by Crippen LogP contribution is 2.42. The maximum atomic E-state index is 13.8. The zero-order valence-corrected chi connectivity index (χ0v) is 18.8. The van der Waals surface area contributed by atoms with Gasteiger partial charge in [0, 0.05) is 29.9 Å². The summed E-state index contributed by atoms with van der Waals surface area (Å²) >= 11 is -2.16. The Kier molecular flexibility index (Phi) is 7.50. The SMILES string of the molecule is N#Cc1ccc(C(c2cccnc2)[C@@H](c2ccc(F)cc2)c2cccc(CNS(=O)O)n2)cc1. The average Bonchev–Trinajstić information content (AvgIpc) is 2.87. The molecule has 0 fully saturated rings. The van der Waals surface area contributed by atoms with Crippen molar-refractivity contribution in [3.63, 3.8) is 0 Å². The van der Waals surface area contributed by atoms with Gasteiger partial charge in [-0.05, 0) is 59.2 Å². The van der Waals surface area contributed by atoms with E-state index in [4.69, 9.17) is 9.54 Å². The summed E-state index contributed by atoms with van der Waals surface area (Å²) in [6, 6.07) is 25.2. The highest BCUT2D eigenvalue weighted by Gasteiger charge is 2.30. The van der Waals surface area contributed by atoms with Gasteiger partial charge in [0.05, 0.1) is 23.9 Å². The summed E-state index contributed by atoms with van der Waals surface area (Å²) in [6.07, 6.45) is 3.49. The standard InChI is InChI=1S/C26H21FN4O2S/c27-22-12-10-20(11-13-22)26(24-5-1-4-23(31-24)17-30-34(32)33)25(21-3-2-14-29-16-21)19-8-6-18(15-28)7-9-19/h1-14,16,25-26,30H,17H2,(H,32,33)/t25?,26-/m0/s1. The van der Waals surface area contributed by atoms with Gasteiger partial charge in [-0.1, -0.05) is 36.4 Å². The fourth-order valence-electron chi connectivity index (χ4n) is 4.01. The summed E-state index contributed by atoms with van der Waals surface area (Å²) in [4.78, 5) is 9.09. The van der Waals surface area contributed by atoms with Crippen molar-refractivity contribution in [2.45, 2.75) is 18.4 Å². The molecule has 2 aromatic heterocycles. The third-order valence-electron chi connectivity index (χ3n) is 5.53. The van der Waals surface area contributed by atoms with Crippen molar-refractivity contribution in [3.8, 4) is 6.07 Å². The molecule has 0 aliphatic rings. The summed E-state index contributed by atoms with van der Waals surface area (Å²) in [7, 11) is 0. The lowest BCUT2D eigenvalue weighted by Gasteiger charge is -2.29. The van der Waals surface area contributed by atoms with Gasteiger partial charge in [-0.3, -0.25) is 14.5 Å². The quantitative estimate of drug-likeness (QED) is 0.363. The molecular formula is C26H21FN4O2S. The van der Waals surface area contributed by atoms with Crippen molar-refractivity contribution in [1.82, 2.24) is 14.7 Å². The van der Waals surface area contributed by atoms with Crippen molar-refractivity contribution < 1.29 is 13.2 Å². The third kappa shape index (κ3) is 5.58. The first-order valence-electron chi connectivity index (χ1n) is 10.5. The lowest BCUT2D eigenvalue weighted by Crippen LogP contribution is -2.19. The van der Waals surface area contributed by atoms with Crippen molar-refractivity contribution in [2.24, 2.45) is 0 Å². The molecule has 170 valence electrons. The molecule has 0 aliphatic heterocycles. The Hall–Kier alpha value is -3.77. The van der Waals surface area contributed by atoms with Crippen molar-refractivity contribution in [2.75, 3.05) is 0 Å². The van der Waals surface area contributed by atoms with Gasteiger partial charge in [0.2, 0.25) is 11.3 Å². The van der Waals surface area contributed by atoms with Crippen LogP contribution in [0.3, 0.4) is 0 Å². The number of nitrogens with one attached hydrogen (secondary N) is 1. The Balaban J connectivity index is 1.89. The maximum Gasteiger partial charge on any atom is 0.232 e. The second kappa shape index (κ2) is 10.9. The molecule has 2 unspecified atom stereocenters. The molecule has 6 nitrogen and oxygen atoms in total. The Bertz CT molecular complexity index is 1310. The van der Waals surface area contributed by atoms with Crippen LogP contribution in [0.1, 0.15) is 45.5 Å². The number of rotatable bonds is 8. The lowest BCUT2D eigenvalue weighted by atomic mass is 9.75. The zero-order valence-electron chi connectivity index (χ0n) is 18.0. The molecule has 34 heavy (non-hydrogen) atoms. The van der Waals surface area contributed by atoms with Crippen molar-refractivity contribution in [1.29, 1.82) is 5.26 Å². The Morgan fingerprint density at radius 1 is 0.941 bits per heavy atom. The van der Waals surface area contributed by atoms with Gasteiger partial charge < -0.3 is 0 Å². The predicted octanol–water partition coefficient (Wildman–Crippen LogP) is 4.68. The molecule has 0 bridgehead atoms. The van der Waals surface area contributed by atoms with Gasteiger partial charge >= 0.3 is 0 Å². The van der Waals surface area contributed by atoms with Gasteiger partial charge in [0.25, 0.3) is 0 Å². The molecular weight excluding hydrogens is 451 g/mol. The fourth-order valence-corrected chi connectivity index (χ4v) is 4.28. The summed E-state index contributed by atoms with van der Waals surface area (Å²) < 4.78 is 36.4. The fraction of sp³-hybridized carbons (Fsp3) is 0.115. The number of nitriles is 1. The number of nitrogens with zero attached hydrogens (tertiary/aromatic N) is 3. The van der Waals surface area contributed by atoms with Crippen LogP contribution in [0.15, 0.2) is 91.3 Å². The minimum Gasteiger partial charge on any atom is -0.294 e. The molecule has 0 saturated heterocycles. The van der Waals surface area contributed by atoms with Crippen LogP contribution >= 0.6 is 0 Å². The van der Waals surface area contributed by atoms with Crippen LogP contribution in [0.5, 0.6) is 0 Å². The second-order valence-corrected chi connectivity index (χ2v) is 8.44. The first-order chi connectivity index (χ1) is 16.5. The van der Waals surface area contributed by atoms with E-state index in [0.717, 1.165) is 16.7 Å². The minimum absolute atomic E-state index is 0.113. The molecule has 0 radical (unpaired) electrons. The van der Waals surface area contributed by atoms with Crippen molar-refractivity contribution >= 4 is 11.3 Å². The molecule has 4 aromatic rings. The maximum absolute atomic E-state index is 13.8. The molecule has 2 heterocycles. The van der Waals surface area contributed by atoms with E-state index in [-0.39, 0.29) is 24.2 Å². The summed E-state index contributed by atoms with van der Waals surface area (Å²) in [6.45, 7) is 0.113. The average molecular weight is 473 g/mol. The first-order valence-corrected chi connectivity index (χ1v) is 11.6. The number of hydrogen-bond acceptors (Lipinski definition) is 4. The van der Waals surface area contributed by atoms with Crippen LogP contribution in [0.2, 0.25) is 0 Å². The van der Waals surface area contributed by atoms with Gasteiger partial charge in [-0.15, -0.1) is 0 Å². The summed E-state index contributed by atoms with van der Waals surface area (Å²) in [5.41, 5.74) is 4.59. The van der Waals surface area contributed by atoms with Crippen LogP contribution < -0.4 is 4.72 Å². The molecule has 0 saturated carbocycles. The van der Waals surface area contributed by atoms with E-state index in [2.05, 4.69) is 15.8 Å². The third-order valence-corrected chi connectivity index (χ3v) is 5.92. The van der Waals surface area contributed by atoms with Crippen molar-refractivity contribution in [3.05, 3.63) is 131 Å². The molecule has 0 spiro atoms. The topological polar surface area (TPSA) is 98.9 Å². The van der Waals surface area contributed by atoms with Crippen LogP contribution in [0.25, 0.3) is 0 Å². The summed E-state index contributed by atoms with van der Waals surface area (Å²) in [5, 5.41) is 9.24. The zero-order chi connectivity index (χ0) is 23.9. The highest BCUT2D eigenvalue weighted by atomic mass is 32.2. The van der Waals surface area contributed by atoms with E-state index in [1.807, 2.05) is 36.4 Å². The van der Waals surface area contributed by atoms with Gasteiger partial charge in [-0.25, -0.2) is 13.3 Å². The number of benzene rings is 2. The van der Waals surface area contributed by atoms with E-state index in [1.165, 1.54) is 12.1 Å². The van der Waals surface area contributed by atoms with E-state index < -0.39 is 11.3 Å². The van der Waals surface area contributed by atoms with Gasteiger partial charge in [0.15, 0.2) is 0 Å². The van der Waals surface area contributed by atoms with Gasteiger partial charge in [0.1, 0.15) is 5.82 Å². The largest absolute Gasteiger partial charge is 0.294 e.